The summed E-state index contributed by atoms with van der Waals surface area (Å²) >= 11 is 0. The fourth-order valence-corrected chi connectivity index (χ4v) is 10.5. The van der Waals surface area contributed by atoms with Crippen LogP contribution in [-0.2, 0) is 32.7 Å². The molecule has 0 aliphatic carbocycles. The predicted octanol–water partition coefficient (Wildman–Crippen LogP) is 21.2. The van der Waals surface area contributed by atoms with Gasteiger partial charge in [-0.3, -0.25) is 14.2 Å². The number of rotatable bonds is 63. The Kier molecular flexibility index (Phi) is 59.5. The normalized spacial score (nSPS) is 13.5. The summed E-state index contributed by atoms with van der Waals surface area (Å²) in [5.41, 5.74) is 0. The van der Waals surface area contributed by atoms with E-state index in [9.17, 15) is 19.0 Å². The Bertz CT molecular complexity index is 1530. The second-order valence-electron chi connectivity index (χ2n) is 24.2. The molecule has 0 saturated heterocycles. The van der Waals surface area contributed by atoms with Crippen molar-refractivity contribution in [3.8, 4) is 0 Å². The van der Waals surface area contributed by atoms with E-state index in [0.29, 0.717) is 17.4 Å². The Balaban J connectivity index is 4.06. The molecule has 2 atom stereocenters. The fraction of sp³-hybridized carbons (Fsp3) is 0.829. The van der Waals surface area contributed by atoms with Crippen LogP contribution >= 0.6 is 7.82 Å². The molecule has 9 nitrogen and oxygen atoms in total. The Labute approximate surface area is 496 Å². The van der Waals surface area contributed by atoms with Crippen LogP contribution in [-0.4, -0.2) is 70.0 Å². The van der Waals surface area contributed by atoms with Gasteiger partial charge in [0.25, 0.3) is 7.82 Å². The summed E-state index contributed by atoms with van der Waals surface area (Å²) in [4.78, 5) is 38.0. The summed E-state index contributed by atoms with van der Waals surface area (Å²) in [6.07, 6.45) is 80.0. The zero-order chi connectivity index (χ0) is 58.4. The van der Waals surface area contributed by atoms with Crippen LogP contribution in [0.1, 0.15) is 322 Å². The van der Waals surface area contributed by atoms with Crippen LogP contribution in [0.4, 0.5) is 0 Å². The van der Waals surface area contributed by atoms with Gasteiger partial charge in [0.2, 0.25) is 0 Å². The Morgan fingerprint density at radius 2 is 0.675 bits per heavy atom. The van der Waals surface area contributed by atoms with Crippen molar-refractivity contribution in [2.75, 3.05) is 47.5 Å². The number of hydrogen-bond donors (Lipinski definition) is 0. The average molecular weight is 1140 g/mol. The zero-order valence-electron chi connectivity index (χ0n) is 53.3. The van der Waals surface area contributed by atoms with Crippen LogP contribution in [0.25, 0.3) is 0 Å². The first kappa shape index (κ1) is 77.7. The van der Waals surface area contributed by atoms with Crippen molar-refractivity contribution in [3.05, 3.63) is 60.8 Å². The SMILES string of the molecule is CCCCCCC/C=C\C/C=C\C/C=C\CCCCCCCCCCCCCCCCC(=O)OC(COC(=O)CCCCCCCCCCCCCCCCC/C=C\C/C=C\CCCCCCC)COP(=O)([O-])OCC[N+](C)(C)C. The van der Waals surface area contributed by atoms with E-state index in [1.54, 1.807) is 0 Å². The number of hydrogen-bond acceptors (Lipinski definition) is 8. The van der Waals surface area contributed by atoms with Crippen molar-refractivity contribution in [1.29, 1.82) is 0 Å². The molecule has 0 radical (unpaired) electrons. The van der Waals surface area contributed by atoms with Crippen molar-refractivity contribution in [2.45, 2.75) is 328 Å². The molecule has 0 aromatic carbocycles. The minimum atomic E-state index is -4.64. The molecule has 0 spiro atoms. The van der Waals surface area contributed by atoms with E-state index >= 15 is 0 Å². The molecule has 0 fully saturated rings. The summed E-state index contributed by atoms with van der Waals surface area (Å²) in [5.74, 6) is -0.822. The van der Waals surface area contributed by atoms with Crippen LogP contribution < -0.4 is 4.89 Å². The quantitative estimate of drug-likeness (QED) is 0.0195. The second kappa shape index (κ2) is 61.3. The fourth-order valence-electron chi connectivity index (χ4n) is 9.76. The van der Waals surface area contributed by atoms with Gasteiger partial charge >= 0.3 is 11.9 Å². The maximum absolute atomic E-state index is 12.9. The molecular weight excluding hydrogens is 1010 g/mol. The Morgan fingerprint density at radius 3 is 1.00 bits per heavy atom. The monoisotopic (exact) mass is 1140 g/mol. The van der Waals surface area contributed by atoms with E-state index < -0.39 is 26.5 Å². The highest BCUT2D eigenvalue weighted by molar-refractivity contribution is 7.45. The molecule has 0 bridgehead atoms. The van der Waals surface area contributed by atoms with E-state index in [2.05, 4.69) is 74.6 Å². The lowest BCUT2D eigenvalue weighted by molar-refractivity contribution is -0.870. The van der Waals surface area contributed by atoms with Crippen LogP contribution in [0.5, 0.6) is 0 Å². The first-order valence-corrected chi connectivity index (χ1v) is 35.5. The molecule has 0 rings (SSSR count). The molecule has 0 amide bonds. The van der Waals surface area contributed by atoms with Crippen LogP contribution in [0, 0.1) is 0 Å². The molecule has 0 aromatic rings. The van der Waals surface area contributed by atoms with Gasteiger partial charge in [-0.25, -0.2) is 0 Å². The summed E-state index contributed by atoms with van der Waals surface area (Å²) in [6.45, 7) is 4.26. The molecule has 10 heteroatoms. The third-order valence-electron chi connectivity index (χ3n) is 15.0. The molecule has 0 heterocycles. The number of phosphoric acid groups is 1. The van der Waals surface area contributed by atoms with Gasteiger partial charge in [-0.15, -0.1) is 0 Å². The number of likely N-dealkylation sites (N-methyl/N-ethyl adjacent to an activating group) is 1. The molecule has 80 heavy (non-hydrogen) atoms. The van der Waals surface area contributed by atoms with Gasteiger partial charge in [0.05, 0.1) is 27.7 Å². The lowest BCUT2D eigenvalue weighted by Gasteiger charge is -2.28. The summed E-state index contributed by atoms with van der Waals surface area (Å²) in [7, 11) is 1.17. The molecule has 468 valence electrons. The van der Waals surface area contributed by atoms with Crippen molar-refractivity contribution in [3.63, 3.8) is 0 Å². The van der Waals surface area contributed by atoms with E-state index in [4.69, 9.17) is 18.5 Å². The highest BCUT2D eigenvalue weighted by atomic mass is 31.2. The third kappa shape index (κ3) is 64.9. The molecular formula is C70H130NO8P. The zero-order valence-corrected chi connectivity index (χ0v) is 54.2. The molecule has 0 saturated carbocycles. The number of unbranched alkanes of at least 4 members (excludes halogenated alkanes) is 39. The predicted molar refractivity (Wildman–Crippen MR) is 342 cm³/mol. The summed E-state index contributed by atoms with van der Waals surface area (Å²) < 4.78 is 34.3. The van der Waals surface area contributed by atoms with Gasteiger partial charge in [0.1, 0.15) is 19.8 Å². The number of carbonyl (C=O) groups is 2. The number of allylic oxidation sites excluding steroid dienone is 10. The van der Waals surface area contributed by atoms with E-state index in [1.807, 2.05) is 21.1 Å². The Hall–Kier alpha value is -2.29. The van der Waals surface area contributed by atoms with Gasteiger partial charge in [0, 0.05) is 12.8 Å². The summed E-state index contributed by atoms with van der Waals surface area (Å²) in [5, 5.41) is 0. The smallest absolute Gasteiger partial charge is 0.306 e. The maximum atomic E-state index is 12.9. The minimum absolute atomic E-state index is 0.0309. The highest BCUT2D eigenvalue weighted by Gasteiger charge is 2.22. The van der Waals surface area contributed by atoms with Crippen molar-refractivity contribution in [2.24, 2.45) is 0 Å². The summed E-state index contributed by atoms with van der Waals surface area (Å²) in [6, 6.07) is 0. The van der Waals surface area contributed by atoms with Crippen molar-refractivity contribution < 1.29 is 42.1 Å². The molecule has 2 unspecified atom stereocenters. The standard InChI is InChI=1S/C70H130NO8P/c1-6-8-10-12-14-16-18-20-22-24-26-28-30-32-34-35-37-39-41-43-45-47-49-51-53-55-57-59-61-63-70(73)79-68(67-78-80(74,75)77-65-64-71(3,4)5)66-76-69(72)62-60-58-56-54-52-50-48-46-44-42-40-38-36-33-31-29-27-25-23-21-19-17-15-13-11-9-7-2/h18-21,24-27,30,32,68H,6-17,22-23,28-29,31,33-67H2,1-5H3/b20-18-,21-19-,26-24-,27-25-,32-30-. The van der Waals surface area contributed by atoms with E-state index in [-0.39, 0.29) is 32.0 Å². The topological polar surface area (TPSA) is 111 Å². The van der Waals surface area contributed by atoms with Gasteiger partial charge in [-0.1, -0.05) is 286 Å². The second-order valence-corrected chi connectivity index (χ2v) is 25.6. The molecule has 0 N–H and O–H groups in total. The highest BCUT2D eigenvalue weighted by Crippen LogP contribution is 2.38. The van der Waals surface area contributed by atoms with Crippen LogP contribution in [0.3, 0.4) is 0 Å². The number of quaternary nitrogens is 1. The number of ether oxygens (including phenoxy) is 2. The lowest BCUT2D eigenvalue weighted by atomic mass is 10.0. The average Bonchev–Trinajstić information content (AvgIpc) is 3.42. The first-order valence-electron chi connectivity index (χ1n) is 34.0. The number of phosphoric ester groups is 1. The largest absolute Gasteiger partial charge is 0.756 e. The number of carbonyl (C=O) groups excluding carboxylic acids is 2. The lowest BCUT2D eigenvalue weighted by Crippen LogP contribution is -2.37. The Morgan fingerprint density at radius 1 is 0.388 bits per heavy atom. The maximum Gasteiger partial charge on any atom is 0.306 e. The van der Waals surface area contributed by atoms with Gasteiger partial charge in [0.15, 0.2) is 6.10 Å². The molecule has 0 aliphatic rings. The minimum Gasteiger partial charge on any atom is -0.756 e. The molecule has 0 aromatic heterocycles. The van der Waals surface area contributed by atoms with Gasteiger partial charge in [-0.05, 0) is 83.5 Å². The third-order valence-corrected chi connectivity index (χ3v) is 16.0. The van der Waals surface area contributed by atoms with Gasteiger partial charge in [-0.2, -0.15) is 0 Å². The van der Waals surface area contributed by atoms with E-state index in [0.717, 1.165) is 57.8 Å². The first-order chi connectivity index (χ1) is 39.0. The molecule has 0 aliphatic heterocycles. The van der Waals surface area contributed by atoms with Crippen LogP contribution in [0.2, 0.25) is 0 Å². The van der Waals surface area contributed by atoms with E-state index in [1.165, 1.54) is 231 Å². The van der Waals surface area contributed by atoms with Crippen molar-refractivity contribution in [1.82, 2.24) is 0 Å². The van der Waals surface area contributed by atoms with Crippen molar-refractivity contribution >= 4 is 19.8 Å². The van der Waals surface area contributed by atoms with Gasteiger partial charge < -0.3 is 27.9 Å². The number of nitrogens with zero attached hydrogens (tertiary/aromatic N) is 1. The van der Waals surface area contributed by atoms with Crippen LogP contribution in [0.15, 0.2) is 60.8 Å². The number of esters is 2.